The first-order chi connectivity index (χ1) is 14.0. The van der Waals surface area contributed by atoms with E-state index in [4.69, 9.17) is 9.15 Å². The molecule has 0 saturated carbocycles. The quantitative estimate of drug-likeness (QED) is 0.622. The fraction of sp³-hybridized carbons (Fsp3) is 0.333. The SMILES string of the molecule is Cc1cc(=O)oc2c(C)c(OCC(=O)N(C)[C@@H]3CCCc4ccccc43)ccc12. The van der Waals surface area contributed by atoms with Gasteiger partial charge in [-0.1, -0.05) is 24.3 Å². The van der Waals surface area contributed by atoms with Crippen molar-refractivity contribution in [2.24, 2.45) is 0 Å². The average molecular weight is 391 g/mol. The lowest BCUT2D eigenvalue weighted by molar-refractivity contribution is -0.134. The minimum absolute atomic E-state index is 0.0580. The highest BCUT2D eigenvalue weighted by Crippen LogP contribution is 2.34. The van der Waals surface area contributed by atoms with Crippen molar-refractivity contribution in [2.45, 2.75) is 39.2 Å². The van der Waals surface area contributed by atoms with Crippen molar-refractivity contribution in [3.8, 4) is 5.75 Å². The summed E-state index contributed by atoms with van der Waals surface area (Å²) < 4.78 is 11.2. The maximum Gasteiger partial charge on any atom is 0.336 e. The molecule has 1 heterocycles. The number of hydrogen-bond donors (Lipinski definition) is 0. The summed E-state index contributed by atoms with van der Waals surface area (Å²) in [7, 11) is 1.84. The van der Waals surface area contributed by atoms with Gasteiger partial charge in [0.1, 0.15) is 11.3 Å². The fourth-order valence-electron chi connectivity index (χ4n) is 4.20. The summed E-state index contributed by atoms with van der Waals surface area (Å²) in [6, 6.07) is 13.6. The molecule has 1 aliphatic rings. The molecule has 3 aromatic rings. The summed E-state index contributed by atoms with van der Waals surface area (Å²) in [6.45, 7) is 3.66. The standard InChI is InChI=1S/C24H25NO4/c1-15-13-23(27)29-24-16(2)21(12-11-18(15)24)28-14-22(26)25(3)20-10-6-8-17-7-4-5-9-19(17)20/h4-5,7,9,11-13,20H,6,8,10,14H2,1-3H3/t20-/m1/s1. The van der Waals surface area contributed by atoms with Crippen LogP contribution in [0.3, 0.4) is 0 Å². The Kier molecular flexibility index (Phi) is 5.14. The van der Waals surface area contributed by atoms with Gasteiger partial charge in [0.15, 0.2) is 6.61 Å². The van der Waals surface area contributed by atoms with Crippen molar-refractivity contribution in [1.82, 2.24) is 4.90 Å². The fourth-order valence-corrected chi connectivity index (χ4v) is 4.20. The van der Waals surface area contributed by atoms with Gasteiger partial charge in [0.2, 0.25) is 0 Å². The molecule has 1 aromatic heterocycles. The van der Waals surface area contributed by atoms with Crippen LogP contribution in [0.4, 0.5) is 0 Å². The van der Waals surface area contributed by atoms with Gasteiger partial charge in [-0.05, 0) is 61.9 Å². The largest absolute Gasteiger partial charge is 0.483 e. The third-order valence-corrected chi connectivity index (χ3v) is 5.87. The molecule has 5 heteroatoms. The second kappa shape index (κ2) is 7.74. The zero-order valence-corrected chi connectivity index (χ0v) is 17.0. The monoisotopic (exact) mass is 391 g/mol. The third-order valence-electron chi connectivity index (χ3n) is 5.87. The molecule has 0 saturated heterocycles. The van der Waals surface area contributed by atoms with Gasteiger partial charge in [-0.3, -0.25) is 4.79 Å². The molecule has 0 fully saturated rings. The molecule has 150 valence electrons. The molecule has 0 bridgehead atoms. The minimum atomic E-state index is -0.387. The Hall–Kier alpha value is -3.08. The first kappa shape index (κ1) is 19.2. The van der Waals surface area contributed by atoms with Gasteiger partial charge in [-0.25, -0.2) is 4.79 Å². The molecule has 0 radical (unpaired) electrons. The van der Waals surface area contributed by atoms with E-state index in [1.54, 1.807) is 4.90 Å². The summed E-state index contributed by atoms with van der Waals surface area (Å²) in [6.07, 6.45) is 3.09. The van der Waals surface area contributed by atoms with Crippen molar-refractivity contribution < 1.29 is 13.9 Å². The predicted molar refractivity (Wildman–Crippen MR) is 112 cm³/mol. The molecule has 0 aliphatic heterocycles. The van der Waals surface area contributed by atoms with Crippen LogP contribution in [0.2, 0.25) is 0 Å². The summed E-state index contributed by atoms with van der Waals surface area (Å²) in [5.74, 6) is 0.480. The number of nitrogens with zero attached hydrogens (tertiary/aromatic N) is 1. The lowest BCUT2D eigenvalue weighted by Crippen LogP contribution is -2.36. The van der Waals surface area contributed by atoms with Crippen LogP contribution in [-0.4, -0.2) is 24.5 Å². The first-order valence-electron chi connectivity index (χ1n) is 9.96. The molecular weight excluding hydrogens is 366 g/mol. The van der Waals surface area contributed by atoms with Crippen molar-refractivity contribution in [1.29, 1.82) is 0 Å². The van der Waals surface area contributed by atoms with E-state index in [1.165, 1.54) is 17.2 Å². The highest BCUT2D eigenvalue weighted by atomic mass is 16.5. The Morgan fingerprint density at radius 1 is 1.21 bits per heavy atom. The van der Waals surface area contributed by atoms with Crippen LogP contribution in [-0.2, 0) is 11.2 Å². The Morgan fingerprint density at radius 2 is 2.00 bits per heavy atom. The number of hydrogen-bond acceptors (Lipinski definition) is 4. The zero-order valence-electron chi connectivity index (χ0n) is 17.0. The second-order valence-electron chi connectivity index (χ2n) is 7.71. The van der Waals surface area contributed by atoms with Gasteiger partial charge in [0.25, 0.3) is 5.91 Å². The lowest BCUT2D eigenvalue weighted by Gasteiger charge is -2.33. The molecule has 1 amide bonds. The summed E-state index contributed by atoms with van der Waals surface area (Å²) in [5, 5.41) is 0.872. The summed E-state index contributed by atoms with van der Waals surface area (Å²) >= 11 is 0. The van der Waals surface area contributed by atoms with E-state index in [1.807, 2.05) is 39.1 Å². The Balaban J connectivity index is 1.52. The smallest absolute Gasteiger partial charge is 0.336 e. The molecule has 0 unspecified atom stereocenters. The molecule has 1 atom stereocenters. The van der Waals surface area contributed by atoms with E-state index in [0.29, 0.717) is 11.3 Å². The molecule has 0 spiro atoms. The molecular formula is C24H25NO4. The zero-order chi connectivity index (χ0) is 20.5. The average Bonchev–Trinajstić information content (AvgIpc) is 2.72. The molecule has 4 rings (SSSR count). The summed E-state index contributed by atoms with van der Waals surface area (Å²) in [5.41, 5.74) is 4.25. The predicted octanol–water partition coefficient (Wildman–Crippen LogP) is 4.32. The number of rotatable bonds is 4. The van der Waals surface area contributed by atoms with Crippen molar-refractivity contribution in [2.75, 3.05) is 13.7 Å². The normalized spacial score (nSPS) is 15.8. The van der Waals surface area contributed by atoms with Crippen LogP contribution in [0.15, 0.2) is 51.7 Å². The first-order valence-corrected chi connectivity index (χ1v) is 9.96. The summed E-state index contributed by atoms with van der Waals surface area (Å²) in [4.78, 5) is 26.4. The number of aryl methyl sites for hydroxylation is 3. The Morgan fingerprint density at radius 3 is 2.83 bits per heavy atom. The number of ether oxygens (including phenoxy) is 1. The van der Waals surface area contributed by atoms with E-state index in [0.717, 1.165) is 35.8 Å². The Labute approximate surface area is 169 Å². The van der Waals surface area contributed by atoms with E-state index < -0.39 is 0 Å². The van der Waals surface area contributed by atoms with Gasteiger partial charge >= 0.3 is 5.63 Å². The number of fused-ring (bicyclic) bond motifs is 2. The van der Waals surface area contributed by atoms with E-state index in [2.05, 4.69) is 18.2 Å². The van der Waals surface area contributed by atoms with E-state index in [-0.39, 0.29) is 24.2 Å². The molecule has 0 N–H and O–H groups in total. The lowest BCUT2D eigenvalue weighted by atomic mass is 9.87. The van der Waals surface area contributed by atoms with Crippen LogP contribution in [0.25, 0.3) is 11.0 Å². The second-order valence-corrected chi connectivity index (χ2v) is 7.71. The van der Waals surface area contributed by atoms with Crippen molar-refractivity contribution in [3.63, 3.8) is 0 Å². The van der Waals surface area contributed by atoms with Crippen LogP contribution in [0, 0.1) is 13.8 Å². The molecule has 5 nitrogen and oxygen atoms in total. The molecule has 1 aliphatic carbocycles. The van der Waals surface area contributed by atoms with Gasteiger partial charge < -0.3 is 14.1 Å². The molecule has 2 aromatic carbocycles. The van der Waals surface area contributed by atoms with Crippen LogP contribution < -0.4 is 10.4 Å². The van der Waals surface area contributed by atoms with E-state index >= 15 is 0 Å². The number of likely N-dealkylation sites (N-methyl/N-ethyl adjacent to an activating group) is 1. The Bertz CT molecular complexity index is 1130. The topological polar surface area (TPSA) is 59.8 Å². The van der Waals surface area contributed by atoms with Crippen molar-refractivity contribution >= 4 is 16.9 Å². The van der Waals surface area contributed by atoms with Crippen LogP contribution in [0.1, 0.15) is 41.1 Å². The molecule has 29 heavy (non-hydrogen) atoms. The number of benzene rings is 2. The number of carbonyl (C=O) groups is 1. The van der Waals surface area contributed by atoms with Crippen LogP contribution in [0.5, 0.6) is 5.75 Å². The van der Waals surface area contributed by atoms with Gasteiger partial charge in [-0.15, -0.1) is 0 Å². The number of carbonyl (C=O) groups excluding carboxylic acids is 1. The maximum atomic E-state index is 12.8. The highest BCUT2D eigenvalue weighted by Gasteiger charge is 2.26. The van der Waals surface area contributed by atoms with Crippen LogP contribution >= 0.6 is 0 Å². The van der Waals surface area contributed by atoms with Gasteiger partial charge in [-0.2, -0.15) is 0 Å². The minimum Gasteiger partial charge on any atom is -0.483 e. The van der Waals surface area contributed by atoms with Crippen molar-refractivity contribution in [3.05, 3.63) is 75.1 Å². The van der Waals surface area contributed by atoms with Gasteiger partial charge in [0, 0.05) is 24.1 Å². The van der Waals surface area contributed by atoms with E-state index in [9.17, 15) is 9.59 Å². The van der Waals surface area contributed by atoms with Gasteiger partial charge in [0.05, 0.1) is 6.04 Å². The number of amides is 1. The maximum absolute atomic E-state index is 12.8. The third kappa shape index (κ3) is 3.65. The highest BCUT2D eigenvalue weighted by molar-refractivity contribution is 5.85.